The maximum Gasteiger partial charge on any atom is 0.312 e. The summed E-state index contributed by atoms with van der Waals surface area (Å²) in [5.41, 5.74) is 1.82. The normalized spacial score (nSPS) is 17.7. The van der Waals surface area contributed by atoms with Crippen LogP contribution in [-0.4, -0.2) is 20.7 Å². The number of ether oxygens (including phenoxy) is 1. The van der Waals surface area contributed by atoms with Crippen molar-refractivity contribution in [2.75, 3.05) is 0 Å². The number of aromatic amines is 1. The Bertz CT molecular complexity index is 758. The number of nitrogens with zero attached hydrogens (tertiary/aromatic N) is 2. The highest BCUT2D eigenvalue weighted by Crippen LogP contribution is 2.36. The van der Waals surface area contributed by atoms with E-state index in [-0.39, 0.29) is 29.9 Å². The first kappa shape index (κ1) is 13.6. The lowest BCUT2D eigenvalue weighted by Crippen LogP contribution is -2.29. The van der Waals surface area contributed by atoms with Gasteiger partial charge in [-0.15, -0.1) is 0 Å². The van der Waals surface area contributed by atoms with Crippen molar-refractivity contribution in [3.63, 3.8) is 0 Å². The first-order valence-corrected chi connectivity index (χ1v) is 6.95. The van der Waals surface area contributed by atoms with E-state index in [0.29, 0.717) is 17.0 Å². The van der Waals surface area contributed by atoms with Crippen LogP contribution in [0.3, 0.4) is 0 Å². The number of fused-ring (bicyclic) bond motifs is 1. The maximum atomic E-state index is 12.3. The molecule has 3 heterocycles. The highest BCUT2D eigenvalue weighted by Gasteiger charge is 2.33. The van der Waals surface area contributed by atoms with Gasteiger partial charge in [0.05, 0.1) is 12.0 Å². The highest BCUT2D eigenvalue weighted by molar-refractivity contribution is 5.77. The van der Waals surface area contributed by atoms with Gasteiger partial charge in [0.25, 0.3) is 5.56 Å². The van der Waals surface area contributed by atoms with Crippen molar-refractivity contribution >= 4 is 5.97 Å². The van der Waals surface area contributed by atoms with Gasteiger partial charge in [0, 0.05) is 35.6 Å². The summed E-state index contributed by atoms with van der Waals surface area (Å²) in [5.74, 6) is -0.293. The molecule has 2 aromatic heterocycles. The average Bonchev–Trinajstić information content (AvgIpc) is 2.85. The minimum absolute atomic E-state index is 0.150. The molecule has 110 valence electrons. The topological polar surface area (TPSA) is 77.0 Å². The molecule has 1 N–H and O–H groups in total. The van der Waals surface area contributed by atoms with Gasteiger partial charge >= 0.3 is 5.97 Å². The van der Waals surface area contributed by atoms with E-state index >= 15 is 0 Å². The van der Waals surface area contributed by atoms with Crippen molar-refractivity contribution in [3.05, 3.63) is 45.6 Å². The number of aryl methyl sites for hydroxylation is 1. The molecule has 0 aliphatic carbocycles. The molecule has 21 heavy (non-hydrogen) atoms. The fourth-order valence-electron chi connectivity index (χ4n) is 2.80. The van der Waals surface area contributed by atoms with E-state index in [1.54, 1.807) is 19.2 Å². The lowest BCUT2D eigenvalue weighted by Gasteiger charge is -2.25. The molecular weight excluding hydrogens is 270 g/mol. The molecule has 6 heteroatoms. The lowest BCUT2D eigenvalue weighted by molar-refractivity contribution is -0.135. The summed E-state index contributed by atoms with van der Waals surface area (Å²) in [5, 5.41) is 4.29. The Morgan fingerprint density at radius 1 is 1.43 bits per heavy atom. The fraction of sp³-hybridized carbons (Fsp3) is 0.400. The molecule has 0 bridgehead atoms. The van der Waals surface area contributed by atoms with Crippen LogP contribution in [0.1, 0.15) is 49.2 Å². The second-order valence-electron chi connectivity index (χ2n) is 5.58. The summed E-state index contributed by atoms with van der Waals surface area (Å²) < 4.78 is 7.07. The minimum atomic E-state index is -0.325. The Morgan fingerprint density at radius 3 is 2.90 bits per heavy atom. The zero-order valence-corrected chi connectivity index (χ0v) is 12.2. The summed E-state index contributed by atoms with van der Waals surface area (Å²) in [7, 11) is 0. The molecule has 0 amide bonds. The van der Waals surface area contributed by atoms with Crippen LogP contribution in [0, 0.1) is 6.92 Å². The Kier molecular flexibility index (Phi) is 3.16. The van der Waals surface area contributed by atoms with Gasteiger partial charge in [-0.05, 0) is 26.8 Å². The number of hydrogen-bond donors (Lipinski definition) is 1. The second-order valence-corrected chi connectivity index (χ2v) is 5.58. The molecule has 0 aromatic carbocycles. The highest BCUT2D eigenvalue weighted by atomic mass is 16.5. The molecule has 1 aliphatic rings. The molecule has 1 atom stereocenters. The molecule has 1 aliphatic heterocycles. The summed E-state index contributed by atoms with van der Waals surface area (Å²) >= 11 is 0. The van der Waals surface area contributed by atoms with Crippen LogP contribution in [0.15, 0.2) is 23.1 Å². The summed E-state index contributed by atoms with van der Waals surface area (Å²) in [4.78, 5) is 26.9. The number of esters is 1. The number of carbonyl (C=O) groups excluding carboxylic acids is 1. The quantitative estimate of drug-likeness (QED) is 0.856. The van der Waals surface area contributed by atoms with Crippen LogP contribution in [0.4, 0.5) is 0 Å². The molecule has 0 radical (unpaired) electrons. The van der Waals surface area contributed by atoms with E-state index in [1.165, 1.54) is 0 Å². The second kappa shape index (κ2) is 4.87. The van der Waals surface area contributed by atoms with Gasteiger partial charge < -0.3 is 9.72 Å². The monoisotopic (exact) mass is 287 g/mol. The van der Waals surface area contributed by atoms with E-state index in [4.69, 9.17) is 4.74 Å². The van der Waals surface area contributed by atoms with Crippen molar-refractivity contribution in [1.82, 2.24) is 14.8 Å². The number of H-pyrrole nitrogens is 1. The van der Waals surface area contributed by atoms with Gasteiger partial charge in [-0.1, -0.05) is 0 Å². The number of aromatic nitrogens is 3. The Labute approximate surface area is 121 Å². The van der Waals surface area contributed by atoms with E-state index in [9.17, 15) is 9.59 Å². The van der Waals surface area contributed by atoms with Crippen molar-refractivity contribution in [2.45, 2.75) is 39.2 Å². The molecule has 2 aromatic rings. The number of carbonyl (C=O) groups is 1. The molecule has 0 spiro atoms. The standard InChI is InChI=1S/C15H17N3O3/c1-8(2)18-11(4-5-16-18)10-7-13(19)21-12-6-9(3)17-15(20)14(10)12/h4-6,8,10H,7H2,1-3H3,(H,17,20). The van der Waals surface area contributed by atoms with E-state index in [1.807, 2.05) is 24.6 Å². The summed E-state index contributed by atoms with van der Waals surface area (Å²) in [6, 6.07) is 3.70. The maximum absolute atomic E-state index is 12.3. The van der Waals surface area contributed by atoms with Crippen LogP contribution in [-0.2, 0) is 4.79 Å². The zero-order chi connectivity index (χ0) is 15.1. The van der Waals surface area contributed by atoms with E-state index in [0.717, 1.165) is 5.69 Å². The van der Waals surface area contributed by atoms with Crippen LogP contribution in [0.2, 0.25) is 0 Å². The summed E-state index contributed by atoms with van der Waals surface area (Å²) in [6.45, 7) is 5.79. The molecule has 1 unspecified atom stereocenters. The van der Waals surface area contributed by atoms with Crippen LogP contribution >= 0.6 is 0 Å². The van der Waals surface area contributed by atoms with Crippen molar-refractivity contribution < 1.29 is 9.53 Å². The van der Waals surface area contributed by atoms with Crippen molar-refractivity contribution in [1.29, 1.82) is 0 Å². The molecule has 6 nitrogen and oxygen atoms in total. The SMILES string of the molecule is Cc1cc2c(c(=O)[nH]1)C(c1ccnn1C(C)C)CC(=O)O2. The molecule has 0 saturated carbocycles. The zero-order valence-electron chi connectivity index (χ0n) is 12.2. The fourth-order valence-corrected chi connectivity index (χ4v) is 2.80. The molecule has 0 fully saturated rings. The van der Waals surface area contributed by atoms with Gasteiger partial charge in [0.15, 0.2) is 0 Å². The van der Waals surface area contributed by atoms with Crippen LogP contribution in [0.25, 0.3) is 0 Å². The predicted molar refractivity (Wildman–Crippen MR) is 76.5 cm³/mol. The third kappa shape index (κ3) is 2.26. The van der Waals surface area contributed by atoms with E-state index < -0.39 is 0 Å². The van der Waals surface area contributed by atoms with Gasteiger partial charge in [-0.3, -0.25) is 14.3 Å². The first-order valence-electron chi connectivity index (χ1n) is 6.95. The Morgan fingerprint density at radius 2 is 2.19 bits per heavy atom. The van der Waals surface area contributed by atoms with Crippen molar-refractivity contribution in [2.24, 2.45) is 0 Å². The van der Waals surface area contributed by atoms with E-state index in [2.05, 4.69) is 10.1 Å². The van der Waals surface area contributed by atoms with Gasteiger partial charge in [-0.2, -0.15) is 5.10 Å². The number of nitrogens with one attached hydrogen (secondary N) is 1. The van der Waals surface area contributed by atoms with Crippen LogP contribution < -0.4 is 10.3 Å². The van der Waals surface area contributed by atoms with Crippen LogP contribution in [0.5, 0.6) is 5.75 Å². The lowest BCUT2D eigenvalue weighted by atomic mass is 9.90. The number of pyridine rings is 1. The van der Waals surface area contributed by atoms with Crippen molar-refractivity contribution in [3.8, 4) is 5.75 Å². The van der Waals surface area contributed by atoms with Gasteiger partial charge in [-0.25, -0.2) is 0 Å². The largest absolute Gasteiger partial charge is 0.426 e. The number of rotatable bonds is 2. The minimum Gasteiger partial charge on any atom is -0.426 e. The van der Waals surface area contributed by atoms with Gasteiger partial charge in [0.1, 0.15) is 5.75 Å². The average molecular weight is 287 g/mol. The predicted octanol–water partition coefficient (Wildman–Crippen LogP) is 1.90. The molecule has 3 rings (SSSR count). The Hall–Kier alpha value is -2.37. The molecule has 0 saturated heterocycles. The first-order chi connectivity index (χ1) is 9.97. The Balaban J connectivity index is 2.20. The number of hydrogen-bond acceptors (Lipinski definition) is 4. The third-order valence-electron chi connectivity index (χ3n) is 3.66. The third-order valence-corrected chi connectivity index (χ3v) is 3.66. The molecular formula is C15H17N3O3. The smallest absolute Gasteiger partial charge is 0.312 e. The summed E-state index contributed by atoms with van der Waals surface area (Å²) in [6.07, 6.45) is 1.84. The van der Waals surface area contributed by atoms with Gasteiger partial charge in [0.2, 0.25) is 0 Å².